The Morgan fingerprint density at radius 3 is 2.67 bits per heavy atom. The third kappa shape index (κ3) is 3.72. The van der Waals surface area contributed by atoms with Crippen molar-refractivity contribution >= 4 is 35.1 Å². The minimum Gasteiger partial charge on any atom is -0.369 e. The van der Waals surface area contributed by atoms with Gasteiger partial charge in [-0.3, -0.25) is 14.5 Å². The summed E-state index contributed by atoms with van der Waals surface area (Å²) in [5.74, 6) is -1.53. The normalized spacial score (nSPS) is 19.6. The predicted octanol–water partition coefficient (Wildman–Crippen LogP) is 1.91. The van der Waals surface area contributed by atoms with E-state index < -0.39 is 17.3 Å². The maximum absolute atomic E-state index is 14.5. The molecule has 3 N–H and O–H groups in total. The molecule has 8 nitrogen and oxygen atoms in total. The summed E-state index contributed by atoms with van der Waals surface area (Å²) in [5.41, 5.74) is 5.03. The van der Waals surface area contributed by atoms with Crippen molar-refractivity contribution in [2.45, 2.75) is 18.9 Å². The molecule has 0 radical (unpaired) electrons. The van der Waals surface area contributed by atoms with E-state index in [0.29, 0.717) is 10.7 Å². The number of hydrogen-bond acceptors (Lipinski definition) is 6. The SMILES string of the molecule is CN1C(=O)C[C@@](C)(c2cc(NC(=O)c3ncc(Cl)cn3)ccc2F)N=C1N. The van der Waals surface area contributed by atoms with Crippen molar-refractivity contribution in [3.63, 3.8) is 0 Å². The van der Waals surface area contributed by atoms with E-state index >= 15 is 0 Å². The van der Waals surface area contributed by atoms with Crippen LogP contribution in [0.4, 0.5) is 10.1 Å². The van der Waals surface area contributed by atoms with Crippen molar-refractivity contribution in [1.29, 1.82) is 0 Å². The van der Waals surface area contributed by atoms with Crippen molar-refractivity contribution in [2.24, 2.45) is 10.7 Å². The maximum atomic E-state index is 14.5. The molecule has 1 aromatic carbocycles. The van der Waals surface area contributed by atoms with Crippen LogP contribution in [0.15, 0.2) is 35.6 Å². The molecule has 0 saturated heterocycles. The predicted molar refractivity (Wildman–Crippen MR) is 97.8 cm³/mol. The fourth-order valence-electron chi connectivity index (χ4n) is 2.70. The second kappa shape index (κ2) is 6.92. The number of nitrogens with two attached hydrogens (primary N) is 1. The number of amides is 2. The number of guanidine groups is 1. The summed E-state index contributed by atoms with van der Waals surface area (Å²) >= 11 is 5.70. The van der Waals surface area contributed by atoms with E-state index in [9.17, 15) is 14.0 Å². The molecule has 1 aliphatic heterocycles. The lowest BCUT2D eigenvalue weighted by Gasteiger charge is -2.34. The second-order valence-corrected chi connectivity index (χ2v) is 6.68. The van der Waals surface area contributed by atoms with E-state index in [1.807, 2.05) is 0 Å². The monoisotopic (exact) mass is 390 g/mol. The van der Waals surface area contributed by atoms with Crippen molar-refractivity contribution in [2.75, 3.05) is 12.4 Å². The Hall–Kier alpha value is -3.07. The van der Waals surface area contributed by atoms with E-state index in [2.05, 4.69) is 20.3 Å². The van der Waals surface area contributed by atoms with Gasteiger partial charge in [-0.15, -0.1) is 0 Å². The number of anilines is 1. The third-order valence-electron chi connectivity index (χ3n) is 4.20. The summed E-state index contributed by atoms with van der Waals surface area (Å²) in [7, 11) is 1.50. The first kappa shape index (κ1) is 18.7. The Labute approximate surface area is 159 Å². The van der Waals surface area contributed by atoms with Gasteiger partial charge in [0.15, 0.2) is 5.96 Å². The number of carbonyl (C=O) groups excluding carboxylic acids is 2. The molecular weight excluding hydrogens is 375 g/mol. The summed E-state index contributed by atoms with van der Waals surface area (Å²) in [6.07, 6.45) is 2.53. The van der Waals surface area contributed by atoms with Crippen molar-refractivity contribution in [3.05, 3.63) is 52.8 Å². The average molecular weight is 391 g/mol. The Balaban J connectivity index is 1.92. The van der Waals surface area contributed by atoms with Crippen LogP contribution in [0.3, 0.4) is 0 Å². The van der Waals surface area contributed by atoms with E-state index in [0.717, 1.165) is 0 Å². The number of hydrogen-bond donors (Lipinski definition) is 2. The Morgan fingerprint density at radius 2 is 2.04 bits per heavy atom. The summed E-state index contributed by atoms with van der Waals surface area (Å²) in [4.78, 5) is 37.5. The third-order valence-corrected chi connectivity index (χ3v) is 4.40. The number of nitrogens with one attached hydrogen (secondary N) is 1. The van der Waals surface area contributed by atoms with Crippen LogP contribution in [0.5, 0.6) is 0 Å². The zero-order valence-electron chi connectivity index (χ0n) is 14.5. The molecule has 0 saturated carbocycles. The summed E-state index contributed by atoms with van der Waals surface area (Å²) < 4.78 is 14.5. The molecule has 1 aliphatic rings. The topological polar surface area (TPSA) is 114 Å². The van der Waals surface area contributed by atoms with E-state index in [4.69, 9.17) is 17.3 Å². The quantitative estimate of drug-likeness (QED) is 0.831. The first-order valence-electron chi connectivity index (χ1n) is 7.90. The molecule has 140 valence electrons. The minimum atomic E-state index is -1.19. The van der Waals surface area contributed by atoms with Crippen molar-refractivity contribution < 1.29 is 14.0 Å². The maximum Gasteiger partial charge on any atom is 0.293 e. The highest BCUT2D eigenvalue weighted by atomic mass is 35.5. The molecule has 3 rings (SSSR count). The number of carbonyl (C=O) groups is 2. The van der Waals surface area contributed by atoms with Crippen LogP contribution < -0.4 is 11.1 Å². The van der Waals surface area contributed by atoms with Crippen LogP contribution in [0.2, 0.25) is 5.02 Å². The van der Waals surface area contributed by atoms with Gasteiger partial charge in [-0.25, -0.2) is 19.4 Å². The average Bonchev–Trinajstić information content (AvgIpc) is 2.61. The summed E-state index contributed by atoms with van der Waals surface area (Å²) in [6.45, 7) is 1.61. The van der Waals surface area contributed by atoms with Crippen LogP contribution in [0, 0.1) is 5.82 Å². The van der Waals surface area contributed by atoms with Gasteiger partial charge in [0.1, 0.15) is 5.82 Å². The van der Waals surface area contributed by atoms with Gasteiger partial charge in [-0.2, -0.15) is 0 Å². The smallest absolute Gasteiger partial charge is 0.293 e. The zero-order valence-corrected chi connectivity index (χ0v) is 15.3. The lowest BCUT2D eigenvalue weighted by molar-refractivity contribution is -0.128. The van der Waals surface area contributed by atoms with E-state index in [1.165, 1.54) is 42.5 Å². The highest BCUT2D eigenvalue weighted by Crippen LogP contribution is 2.35. The molecule has 2 amide bonds. The summed E-state index contributed by atoms with van der Waals surface area (Å²) in [6, 6.07) is 3.99. The summed E-state index contributed by atoms with van der Waals surface area (Å²) in [5, 5.41) is 2.88. The number of benzene rings is 1. The molecule has 10 heteroatoms. The number of aliphatic imine (C=N–C) groups is 1. The van der Waals surface area contributed by atoms with Crippen molar-refractivity contribution in [3.8, 4) is 0 Å². The fourth-order valence-corrected chi connectivity index (χ4v) is 2.79. The number of aromatic nitrogens is 2. The molecule has 0 aliphatic carbocycles. The van der Waals surface area contributed by atoms with Crippen LogP contribution >= 0.6 is 11.6 Å². The minimum absolute atomic E-state index is 0.00264. The van der Waals surface area contributed by atoms with Gasteiger partial charge in [0, 0.05) is 30.7 Å². The van der Waals surface area contributed by atoms with Crippen LogP contribution in [0.25, 0.3) is 0 Å². The van der Waals surface area contributed by atoms with Gasteiger partial charge < -0.3 is 11.1 Å². The van der Waals surface area contributed by atoms with Crippen LogP contribution in [-0.2, 0) is 10.3 Å². The van der Waals surface area contributed by atoms with Gasteiger partial charge in [0.05, 0.1) is 17.0 Å². The Bertz CT molecular complexity index is 949. The molecule has 1 atom stereocenters. The van der Waals surface area contributed by atoms with E-state index in [1.54, 1.807) is 6.92 Å². The molecular formula is C17H16ClFN6O2. The lowest BCUT2D eigenvalue weighted by Crippen LogP contribution is -2.47. The lowest BCUT2D eigenvalue weighted by atomic mass is 9.87. The highest BCUT2D eigenvalue weighted by molar-refractivity contribution is 6.30. The molecule has 27 heavy (non-hydrogen) atoms. The number of rotatable bonds is 3. The van der Waals surface area contributed by atoms with Gasteiger partial charge >= 0.3 is 0 Å². The number of nitrogens with zero attached hydrogens (tertiary/aromatic N) is 4. The highest BCUT2D eigenvalue weighted by Gasteiger charge is 2.38. The Morgan fingerprint density at radius 1 is 1.37 bits per heavy atom. The standard InChI is InChI=1S/C17H16ClFN6O2/c1-17(6-13(26)25(2)16(20)24-17)11-5-10(3-4-12(11)19)23-15(27)14-21-7-9(18)8-22-14/h3-5,7-8H,6H2,1-2H3,(H2,20,24)(H,23,27)/t17-/m0/s1. The van der Waals surface area contributed by atoms with Crippen LogP contribution in [-0.4, -0.2) is 39.7 Å². The van der Waals surface area contributed by atoms with E-state index in [-0.39, 0.29) is 29.7 Å². The van der Waals surface area contributed by atoms with Gasteiger partial charge in [0.2, 0.25) is 11.7 Å². The molecule has 0 bridgehead atoms. The van der Waals surface area contributed by atoms with Crippen molar-refractivity contribution in [1.82, 2.24) is 14.9 Å². The zero-order chi connectivity index (χ0) is 19.8. The first-order valence-corrected chi connectivity index (χ1v) is 8.28. The Kier molecular flexibility index (Phi) is 4.79. The van der Waals surface area contributed by atoms with Gasteiger partial charge in [-0.1, -0.05) is 11.6 Å². The molecule has 2 aromatic rings. The van der Waals surface area contributed by atoms with Gasteiger partial charge in [-0.05, 0) is 25.1 Å². The molecule has 2 heterocycles. The first-order chi connectivity index (χ1) is 12.7. The van der Waals surface area contributed by atoms with Crippen LogP contribution in [0.1, 0.15) is 29.5 Å². The number of halogens is 2. The largest absolute Gasteiger partial charge is 0.369 e. The molecule has 0 fully saturated rings. The molecule has 0 unspecified atom stereocenters. The fraction of sp³-hybridized carbons (Fsp3) is 0.235. The molecule has 1 aromatic heterocycles. The second-order valence-electron chi connectivity index (χ2n) is 6.25. The molecule has 0 spiro atoms. The van der Waals surface area contributed by atoms with Gasteiger partial charge in [0.25, 0.3) is 5.91 Å².